The first-order chi connectivity index (χ1) is 57.9. The van der Waals surface area contributed by atoms with Gasteiger partial charge in [-0.05, 0) is 122 Å². The summed E-state index contributed by atoms with van der Waals surface area (Å²) in [6, 6.07) is 30.0. The maximum absolute atomic E-state index is 12.0. The number of hydrogen-bond acceptors (Lipinski definition) is 17. The van der Waals surface area contributed by atoms with Gasteiger partial charge in [-0.1, -0.05) is 243 Å². The van der Waals surface area contributed by atoms with Crippen LogP contribution in [0.15, 0.2) is 255 Å². The zero-order valence-corrected chi connectivity index (χ0v) is 74.4. The Bertz CT molecular complexity index is 4100. The summed E-state index contributed by atoms with van der Waals surface area (Å²) in [5.74, 6) is -2.32. The highest BCUT2D eigenvalue weighted by Gasteiger charge is 2.25. The average Bonchev–Trinajstić information content (AvgIpc) is 1.76. The van der Waals surface area contributed by atoms with E-state index < -0.39 is 17.8 Å². The number of benzene rings is 3. The van der Waals surface area contributed by atoms with Crippen molar-refractivity contribution >= 4 is 41.5 Å². The number of allylic oxidation sites excluding steroid dienone is 9. The van der Waals surface area contributed by atoms with Crippen molar-refractivity contribution in [1.29, 1.82) is 0 Å². The number of nitrogens with one attached hydrogen (secondary N) is 4. The highest BCUT2D eigenvalue weighted by molar-refractivity contribution is 5.80. The lowest BCUT2D eigenvalue weighted by atomic mass is 9.94. The average molecular weight is 1670 g/mol. The predicted octanol–water partition coefficient (Wildman–Crippen LogP) is 15.3. The third-order valence-corrected chi connectivity index (χ3v) is 20.5. The number of amides is 4. The Kier molecular flexibility index (Phi) is 54.4. The number of aromatic nitrogens is 6. The number of carboxylic acid groups (broad SMARTS) is 1. The van der Waals surface area contributed by atoms with Crippen LogP contribution in [0.4, 0.5) is 4.79 Å². The van der Waals surface area contributed by atoms with Gasteiger partial charge in [0.2, 0.25) is 29.5 Å². The molecule has 0 radical (unpaired) electrons. The van der Waals surface area contributed by atoms with Gasteiger partial charge in [-0.15, -0.1) is 0 Å². The maximum Gasteiger partial charge on any atom is 0.338 e. The summed E-state index contributed by atoms with van der Waals surface area (Å²) in [7, 11) is 8.40. The van der Waals surface area contributed by atoms with Crippen LogP contribution in [0.2, 0.25) is 0 Å². The first kappa shape index (κ1) is 106. The molecular weight excluding hydrogens is 1530 g/mol. The molecule has 4 amide bonds. The zero-order chi connectivity index (χ0) is 90.0. The first-order valence-corrected chi connectivity index (χ1v) is 41.9. The van der Waals surface area contributed by atoms with E-state index in [4.69, 9.17) is 36.5 Å². The number of carbonyl (C=O) groups is 7. The third kappa shape index (κ3) is 45.8. The lowest BCUT2D eigenvalue weighted by Gasteiger charge is -2.23. The Morgan fingerprint density at radius 1 is 0.430 bits per heavy atom. The van der Waals surface area contributed by atoms with Crippen molar-refractivity contribution in [1.82, 2.24) is 49.9 Å². The summed E-state index contributed by atoms with van der Waals surface area (Å²) in [6.07, 6.45) is 46.4. The molecule has 6 aromatic rings. The number of carboxylic acids is 1. The molecule has 0 bridgehead atoms. The number of nitrogens with two attached hydrogens (primary N) is 4. The molecular formula is C96H142N14O11. The van der Waals surface area contributed by atoms with Gasteiger partial charge < -0.3 is 63.5 Å². The molecule has 0 spiro atoms. The van der Waals surface area contributed by atoms with Gasteiger partial charge in [0.1, 0.15) is 19.0 Å². The van der Waals surface area contributed by atoms with E-state index in [9.17, 15) is 33.6 Å². The number of aliphatic carboxylic acids is 1. The van der Waals surface area contributed by atoms with Gasteiger partial charge in [0.05, 0.1) is 54.2 Å². The largest absolute Gasteiger partial charge is 0.481 e. The van der Waals surface area contributed by atoms with Crippen LogP contribution in [-0.4, -0.2) is 147 Å². The Labute approximate surface area is 720 Å². The standard InChI is InChI=1S/C31H44N4O3.C29H45N3O3.C28H42N2O4.C7H6N4O.CH5N/c1-23(20-24(2)29(38-5)21-27-13-9-7-10-14-27)16-17-28(26(4)31(32)37)34-25(3)12-8-6-11-15-30(36)35-19-18-33-22-35;1-21(19-22(2)27(35-6)20-25-14-10-8-11-15-25)17-18-26(24(4)29(30)34)32-23(3)13-9-7-12-16-28(33)31-5;1-20(18-21(2)26(34-5)19-24-13-9-7-10-14-24)16-17-25(23(4)28(29)33)30-22(3)12-8-6-11-15-27(31)32;12-7(10-3-1-8-5-10)11-4-2-9-6-11;1-2/h7,9-10,13-14,16-20,22,24,26,28-29,34H,3,6,8,11-12,15,21H2,1-2,4-5H3,(H2,32,37);8,10-11,14-15,17-19,22,24,26-27,32H,3,7,9,12-13,16,20H2,1-2,4-6H3,(H2,30,34)(H,31,33);7,9-10,13-14,16-18,21,23,25-26,30H,3,6,8,11-12,15,19H2,1-2,4-5H3,(H2,29,33)(H,31,32);1-6H;2H2,1H3/b17-16+,23-20+;18-17+,21-19+;17-16+,20-18+;;/t24-,26-,28?,29-;22-,24-,26?,27-;21-,23-,25?,26-;;/m000../s1. The molecule has 0 saturated heterocycles. The highest BCUT2D eigenvalue weighted by atomic mass is 16.5. The number of ether oxygens (including phenoxy) is 3. The molecule has 3 unspecified atom stereocenters. The van der Waals surface area contributed by atoms with E-state index in [1.54, 1.807) is 72.5 Å². The molecule has 12 atom stereocenters. The van der Waals surface area contributed by atoms with Crippen LogP contribution in [0.3, 0.4) is 0 Å². The van der Waals surface area contributed by atoms with Crippen molar-refractivity contribution in [2.45, 2.75) is 214 Å². The van der Waals surface area contributed by atoms with Crippen molar-refractivity contribution < 1.29 is 52.9 Å². The summed E-state index contributed by atoms with van der Waals surface area (Å²) < 4.78 is 21.6. The van der Waals surface area contributed by atoms with Gasteiger partial charge in [0, 0.05) is 120 Å². The molecule has 0 aliphatic carbocycles. The molecule has 6 rings (SSSR count). The van der Waals surface area contributed by atoms with E-state index in [-0.39, 0.29) is 102 Å². The number of primary amides is 3. The molecule has 3 aromatic carbocycles. The molecule has 0 fully saturated rings. The maximum atomic E-state index is 12.0. The normalized spacial score (nSPS) is 14.6. The molecule has 0 saturated carbocycles. The molecule has 121 heavy (non-hydrogen) atoms. The van der Waals surface area contributed by atoms with Crippen LogP contribution in [-0.2, 0) is 57.4 Å². The summed E-state index contributed by atoms with van der Waals surface area (Å²) in [6.45, 7) is 30.4. The molecule has 0 aliphatic heterocycles. The molecule has 662 valence electrons. The number of imidazole rings is 3. The summed E-state index contributed by atoms with van der Waals surface area (Å²) in [5, 5.41) is 21.4. The molecule has 3 aromatic heterocycles. The van der Waals surface area contributed by atoms with Gasteiger partial charge in [0.15, 0.2) is 0 Å². The van der Waals surface area contributed by atoms with Gasteiger partial charge >= 0.3 is 12.0 Å². The lowest BCUT2D eigenvalue weighted by molar-refractivity contribution is -0.137. The Balaban J connectivity index is 0.000000567. The van der Waals surface area contributed by atoms with Crippen LogP contribution >= 0.6 is 0 Å². The highest BCUT2D eigenvalue weighted by Crippen LogP contribution is 2.23. The van der Waals surface area contributed by atoms with Crippen LogP contribution in [0.25, 0.3) is 0 Å². The topological polar surface area (TPSA) is 373 Å². The minimum absolute atomic E-state index is 0.0505. The SMILES string of the molecule is C=C(CCCCCC(=O)NC)NC(/C=C/C(C)=C/[C@H](C)[C@H](Cc1ccccc1)OC)[C@H](C)C(N)=O.C=C(CCCCCC(=O)O)NC(/C=C/C(C)=C/[C@H](C)[C@H](Cc1ccccc1)OC)[C@H](C)C(N)=O.C=C(CCCCCC(=O)n1ccnc1)NC(/C=C/C(C)=C/[C@H](C)[C@H](Cc1ccccc1)OC)[C@H](C)C(N)=O.CN.O=C(n1ccnc1)n1ccnc1. The van der Waals surface area contributed by atoms with E-state index in [2.05, 4.69) is 144 Å². The Morgan fingerprint density at radius 3 is 0.975 bits per heavy atom. The molecule has 25 nitrogen and oxygen atoms in total. The van der Waals surface area contributed by atoms with Gasteiger partial charge in [-0.25, -0.2) is 19.7 Å². The number of carbonyl (C=O) groups excluding carboxylic acids is 6. The predicted molar refractivity (Wildman–Crippen MR) is 487 cm³/mol. The van der Waals surface area contributed by atoms with Crippen molar-refractivity contribution in [2.24, 2.45) is 58.4 Å². The lowest BCUT2D eigenvalue weighted by Crippen LogP contribution is -2.39. The smallest absolute Gasteiger partial charge is 0.338 e. The van der Waals surface area contributed by atoms with Crippen LogP contribution in [0, 0.1) is 35.5 Å². The van der Waals surface area contributed by atoms with E-state index in [1.807, 2.05) is 119 Å². The minimum Gasteiger partial charge on any atom is -0.481 e. The minimum atomic E-state index is -0.771. The second-order valence-electron chi connectivity index (χ2n) is 30.5. The van der Waals surface area contributed by atoms with E-state index in [0.717, 1.165) is 124 Å². The van der Waals surface area contributed by atoms with Crippen LogP contribution < -0.4 is 44.2 Å². The number of rotatable bonds is 51. The Hall–Kier alpha value is -11.1. The number of unbranched alkanes of at least 4 members (excludes halogenated alkanes) is 6. The number of hydrogen-bond donors (Lipinski definition) is 9. The van der Waals surface area contributed by atoms with Crippen molar-refractivity contribution in [3.05, 3.63) is 272 Å². The molecule has 13 N–H and O–H groups in total. The molecule has 3 heterocycles. The van der Waals surface area contributed by atoms with Gasteiger partial charge in [0.25, 0.3) is 0 Å². The third-order valence-electron chi connectivity index (χ3n) is 20.5. The van der Waals surface area contributed by atoms with Gasteiger partial charge in [-0.2, -0.15) is 0 Å². The monoisotopic (exact) mass is 1670 g/mol. The van der Waals surface area contributed by atoms with Crippen LogP contribution in [0.1, 0.15) is 180 Å². The van der Waals surface area contributed by atoms with E-state index in [0.29, 0.717) is 19.3 Å². The van der Waals surface area contributed by atoms with Crippen molar-refractivity contribution in [2.75, 3.05) is 35.4 Å². The van der Waals surface area contributed by atoms with Crippen molar-refractivity contribution in [3.63, 3.8) is 0 Å². The summed E-state index contributed by atoms with van der Waals surface area (Å²) in [4.78, 5) is 92.5. The quantitative estimate of drug-likeness (QED) is 0.0126. The fraction of sp³-hybridized carbons (Fsp3) is 0.458. The van der Waals surface area contributed by atoms with E-state index >= 15 is 0 Å². The fourth-order valence-electron chi connectivity index (χ4n) is 12.9. The second kappa shape index (κ2) is 62.1. The van der Waals surface area contributed by atoms with E-state index in [1.165, 1.54) is 56.4 Å². The number of methoxy groups -OCH3 is 3. The zero-order valence-electron chi connectivity index (χ0n) is 74.4. The Morgan fingerprint density at radius 2 is 0.711 bits per heavy atom. The molecule has 25 heteroatoms. The second-order valence-corrected chi connectivity index (χ2v) is 30.5. The van der Waals surface area contributed by atoms with Crippen molar-refractivity contribution in [3.8, 4) is 0 Å². The number of nitrogens with zero attached hydrogens (tertiary/aromatic N) is 6. The fourth-order valence-corrected chi connectivity index (χ4v) is 12.9. The summed E-state index contributed by atoms with van der Waals surface area (Å²) in [5.41, 5.74) is 30.8. The molecule has 0 aliphatic rings. The van der Waals surface area contributed by atoms with Crippen LogP contribution in [0.5, 0.6) is 0 Å². The first-order valence-electron chi connectivity index (χ1n) is 41.9. The van der Waals surface area contributed by atoms with Gasteiger partial charge in [-0.3, -0.25) is 42.5 Å². The summed E-state index contributed by atoms with van der Waals surface area (Å²) >= 11 is 0.